The maximum absolute atomic E-state index is 13.3. The van der Waals surface area contributed by atoms with Crippen LogP contribution in [0.1, 0.15) is 5.56 Å². The highest BCUT2D eigenvalue weighted by Gasteiger charge is 2.13. The topological polar surface area (TPSA) is 32.3 Å². The van der Waals surface area contributed by atoms with Crippen LogP contribution in [0.25, 0.3) is 0 Å². The van der Waals surface area contributed by atoms with Crippen molar-refractivity contribution in [3.8, 4) is 5.75 Å². The molecule has 19 heavy (non-hydrogen) atoms. The zero-order valence-electron chi connectivity index (χ0n) is 9.55. The maximum Gasteiger partial charge on any atom is 0.196 e. The van der Waals surface area contributed by atoms with Gasteiger partial charge in [-0.2, -0.15) is 0 Å². The number of hydrogen-bond acceptors (Lipinski definition) is 2. The minimum absolute atomic E-state index is 0.000801. The third-order valence-corrected chi connectivity index (χ3v) is 2.53. The van der Waals surface area contributed by atoms with Gasteiger partial charge in [0.2, 0.25) is 0 Å². The molecule has 2 N–H and O–H groups in total. The maximum atomic E-state index is 13.3. The zero-order valence-corrected chi connectivity index (χ0v) is 9.55. The van der Waals surface area contributed by atoms with Crippen molar-refractivity contribution in [2.24, 2.45) is 0 Å². The predicted octanol–water partition coefficient (Wildman–Crippen LogP) is 3.56. The van der Waals surface area contributed by atoms with E-state index >= 15 is 0 Å². The van der Waals surface area contributed by atoms with Gasteiger partial charge in [-0.3, -0.25) is 0 Å². The fourth-order valence-corrected chi connectivity index (χ4v) is 1.52. The molecule has 0 aliphatic heterocycles. The number of phenolic OH excluding ortho intramolecular Hbond substituents is 1. The third-order valence-electron chi connectivity index (χ3n) is 2.53. The monoisotopic (exact) mass is 271 g/mol. The van der Waals surface area contributed by atoms with Gasteiger partial charge in [0.1, 0.15) is 0 Å². The minimum Gasteiger partial charge on any atom is -0.505 e. The van der Waals surface area contributed by atoms with Crippen LogP contribution in [0.15, 0.2) is 30.3 Å². The molecule has 0 radical (unpaired) electrons. The Balaban J connectivity index is 2.14. The number of hydrogen-bond donors (Lipinski definition) is 2. The first kappa shape index (κ1) is 13.2. The van der Waals surface area contributed by atoms with Gasteiger partial charge in [-0.1, -0.05) is 6.07 Å². The first-order valence-corrected chi connectivity index (χ1v) is 5.34. The summed E-state index contributed by atoms with van der Waals surface area (Å²) in [4.78, 5) is 0. The van der Waals surface area contributed by atoms with E-state index in [0.717, 1.165) is 24.3 Å². The standard InChI is InChI=1S/C13H9F4NO/c14-8-2-3-10(13(17)12(8)16)18-6-7-1-4-11(19)9(15)5-7/h1-5,18-19H,6H2. The Morgan fingerprint density at radius 1 is 0.895 bits per heavy atom. The highest BCUT2D eigenvalue weighted by Crippen LogP contribution is 2.21. The fraction of sp³-hybridized carbons (Fsp3) is 0.0769. The van der Waals surface area contributed by atoms with Gasteiger partial charge in [-0.15, -0.1) is 0 Å². The first-order valence-electron chi connectivity index (χ1n) is 5.34. The Bertz CT molecular complexity index is 616. The molecule has 0 saturated heterocycles. The van der Waals surface area contributed by atoms with Gasteiger partial charge in [-0.25, -0.2) is 17.6 Å². The Morgan fingerprint density at radius 2 is 1.63 bits per heavy atom. The van der Waals surface area contributed by atoms with Gasteiger partial charge < -0.3 is 10.4 Å². The fourth-order valence-electron chi connectivity index (χ4n) is 1.52. The van der Waals surface area contributed by atoms with Gasteiger partial charge in [-0.05, 0) is 29.8 Å². The number of halogens is 4. The SMILES string of the molecule is Oc1ccc(CNc2ccc(F)c(F)c2F)cc1F. The van der Waals surface area contributed by atoms with E-state index in [4.69, 9.17) is 5.11 Å². The number of anilines is 1. The van der Waals surface area contributed by atoms with Gasteiger partial charge in [0, 0.05) is 6.54 Å². The van der Waals surface area contributed by atoms with Gasteiger partial charge >= 0.3 is 0 Å². The number of aromatic hydroxyl groups is 1. The molecule has 0 atom stereocenters. The molecule has 0 amide bonds. The highest BCUT2D eigenvalue weighted by atomic mass is 19.2. The lowest BCUT2D eigenvalue weighted by Crippen LogP contribution is -2.04. The van der Waals surface area contributed by atoms with Crippen molar-refractivity contribution in [3.63, 3.8) is 0 Å². The van der Waals surface area contributed by atoms with Gasteiger partial charge in [0.15, 0.2) is 29.0 Å². The second kappa shape index (κ2) is 5.17. The van der Waals surface area contributed by atoms with Crippen molar-refractivity contribution in [2.45, 2.75) is 6.54 Å². The summed E-state index contributed by atoms with van der Waals surface area (Å²) in [6, 6.07) is 5.46. The van der Waals surface area contributed by atoms with E-state index in [1.54, 1.807) is 0 Å². The van der Waals surface area contributed by atoms with E-state index in [1.165, 1.54) is 6.07 Å². The smallest absolute Gasteiger partial charge is 0.196 e. The van der Waals surface area contributed by atoms with Crippen molar-refractivity contribution in [1.82, 2.24) is 0 Å². The van der Waals surface area contributed by atoms with Crippen LogP contribution >= 0.6 is 0 Å². The summed E-state index contributed by atoms with van der Waals surface area (Å²) < 4.78 is 52.0. The molecule has 2 nitrogen and oxygen atoms in total. The molecule has 0 spiro atoms. The van der Waals surface area contributed by atoms with Crippen LogP contribution in [0.5, 0.6) is 5.75 Å². The number of phenols is 1. The third kappa shape index (κ3) is 2.78. The quantitative estimate of drug-likeness (QED) is 0.661. The average molecular weight is 271 g/mol. The molecule has 0 heterocycles. The van der Waals surface area contributed by atoms with Crippen LogP contribution in [-0.2, 0) is 6.54 Å². The summed E-state index contributed by atoms with van der Waals surface area (Å²) >= 11 is 0. The van der Waals surface area contributed by atoms with Crippen LogP contribution < -0.4 is 5.32 Å². The molecule has 6 heteroatoms. The molecule has 0 aliphatic rings. The van der Waals surface area contributed by atoms with Crippen molar-refractivity contribution in [3.05, 3.63) is 59.2 Å². The normalized spacial score (nSPS) is 10.5. The van der Waals surface area contributed by atoms with Crippen LogP contribution in [-0.4, -0.2) is 5.11 Å². The Labute approximate surface area is 106 Å². The summed E-state index contributed by atoms with van der Waals surface area (Å²) in [5.41, 5.74) is 0.187. The summed E-state index contributed by atoms with van der Waals surface area (Å²) in [5, 5.41) is 11.5. The molecule has 0 saturated carbocycles. The second-order valence-electron chi connectivity index (χ2n) is 3.86. The molecule has 0 bridgehead atoms. The van der Waals surface area contributed by atoms with Crippen molar-refractivity contribution >= 4 is 5.69 Å². The predicted molar refractivity (Wildman–Crippen MR) is 61.7 cm³/mol. The molecule has 2 aromatic carbocycles. The molecule has 0 unspecified atom stereocenters. The lowest BCUT2D eigenvalue weighted by atomic mass is 10.2. The average Bonchev–Trinajstić information content (AvgIpc) is 2.39. The molecule has 0 fully saturated rings. The molecule has 2 aromatic rings. The van der Waals surface area contributed by atoms with Gasteiger partial charge in [0.25, 0.3) is 0 Å². The summed E-state index contributed by atoms with van der Waals surface area (Å²) in [6.07, 6.45) is 0. The van der Waals surface area contributed by atoms with E-state index in [-0.39, 0.29) is 12.2 Å². The van der Waals surface area contributed by atoms with Crippen molar-refractivity contribution in [1.29, 1.82) is 0 Å². The van der Waals surface area contributed by atoms with E-state index in [9.17, 15) is 17.6 Å². The van der Waals surface area contributed by atoms with Crippen molar-refractivity contribution < 1.29 is 22.7 Å². The first-order chi connectivity index (χ1) is 8.99. The molecular formula is C13H9F4NO. The second-order valence-corrected chi connectivity index (χ2v) is 3.86. The zero-order chi connectivity index (χ0) is 14.0. The van der Waals surface area contributed by atoms with E-state index in [1.807, 2.05) is 0 Å². The summed E-state index contributed by atoms with van der Waals surface area (Å²) in [7, 11) is 0. The van der Waals surface area contributed by atoms with Crippen molar-refractivity contribution in [2.75, 3.05) is 5.32 Å². The van der Waals surface area contributed by atoms with E-state index < -0.39 is 29.0 Å². The minimum atomic E-state index is -1.57. The van der Waals surface area contributed by atoms with Crippen LogP contribution in [0.2, 0.25) is 0 Å². The van der Waals surface area contributed by atoms with Crippen LogP contribution in [0.4, 0.5) is 23.2 Å². The Hall–Kier alpha value is -2.24. The molecule has 100 valence electrons. The van der Waals surface area contributed by atoms with Crippen LogP contribution in [0.3, 0.4) is 0 Å². The van der Waals surface area contributed by atoms with E-state index in [2.05, 4.69) is 5.32 Å². The highest BCUT2D eigenvalue weighted by molar-refractivity contribution is 5.46. The lowest BCUT2D eigenvalue weighted by molar-refractivity contribution is 0.432. The Morgan fingerprint density at radius 3 is 2.32 bits per heavy atom. The number of rotatable bonds is 3. The number of nitrogens with one attached hydrogen (secondary N) is 1. The molecular weight excluding hydrogens is 262 g/mol. The Kier molecular flexibility index (Phi) is 3.59. The molecule has 0 aromatic heterocycles. The number of benzene rings is 2. The lowest BCUT2D eigenvalue weighted by Gasteiger charge is -2.09. The summed E-state index contributed by atoms with van der Waals surface area (Å²) in [5.74, 6) is -5.49. The summed E-state index contributed by atoms with van der Waals surface area (Å²) in [6.45, 7) is -0.000801. The van der Waals surface area contributed by atoms with Gasteiger partial charge in [0.05, 0.1) is 5.69 Å². The van der Waals surface area contributed by atoms with Crippen LogP contribution in [0, 0.1) is 23.3 Å². The van der Waals surface area contributed by atoms with E-state index in [0.29, 0.717) is 5.56 Å². The molecule has 2 rings (SSSR count). The molecule has 0 aliphatic carbocycles. The largest absolute Gasteiger partial charge is 0.505 e.